The number of nitrogens with zero attached hydrogens (tertiary/aromatic N) is 2. The molecule has 0 spiro atoms. The molecule has 5 N–H and O–H groups in total. The number of aliphatic imine (C=N–C) groups is 1. The molecule has 0 saturated heterocycles. The van der Waals surface area contributed by atoms with Crippen LogP contribution in [0.15, 0.2) is 29.3 Å². The molecule has 0 saturated carbocycles. The molecule has 1 atom stereocenters. The summed E-state index contributed by atoms with van der Waals surface area (Å²) in [6, 6.07) is 6.95. The molecular formula is C21H32N6O3S. The molecule has 0 aliphatic carbocycles. The molecule has 10 heteroatoms. The van der Waals surface area contributed by atoms with Gasteiger partial charge < -0.3 is 16.0 Å². The summed E-state index contributed by atoms with van der Waals surface area (Å²) < 4.78 is 0. The second kappa shape index (κ2) is 12.7. The van der Waals surface area contributed by atoms with Crippen molar-refractivity contribution in [3.8, 4) is 0 Å². The zero-order valence-electron chi connectivity index (χ0n) is 18.7. The molecule has 1 aromatic carbocycles. The number of hydrogen-bond acceptors (Lipinski definition) is 5. The number of rotatable bonds is 8. The van der Waals surface area contributed by atoms with Crippen molar-refractivity contribution in [3.05, 3.63) is 35.4 Å². The van der Waals surface area contributed by atoms with Gasteiger partial charge in [-0.05, 0) is 23.5 Å². The smallest absolute Gasteiger partial charge is 0.250 e. The van der Waals surface area contributed by atoms with Crippen LogP contribution in [-0.4, -0.2) is 59.6 Å². The first-order valence-corrected chi connectivity index (χ1v) is 10.9. The predicted octanol–water partition coefficient (Wildman–Crippen LogP) is 1.12. The molecule has 0 fully saturated rings. The molecular weight excluding hydrogens is 416 g/mol. The van der Waals surface area contributed by atoms with E-state index in [4.69, 9.17) is 11.1 Å². The van der Waals surface area contributed by atoms with Gasteiger partial charge in [0.2, 0.25) is 23.7 Å². The van der Waals surface area contributed by atoms with E-state index in [1.54, 1.807) is 14.1 Å². The topological polar surface area (TPSA) is 141 Å². The van der Waals surface area contributed by atoms with Gasteiger partial charge in [-0.15, -0.1) is 0 Å². The number of thioether (sulfide) groups is 1. The summed E-state index contributed by atoms with van der Waals surface area (Å²) in [6.07, 6.45) is 1.21. The molecule has 0 aliphatic heterocycles. The van der Waals surface area contributed by atoms with E-state index >= 15 is 0 Å². The number of nitrogens with two attached hydrogens (primary N) is 1. The molecule has 2 amide bonds. The maximum Gasteiger partial charge on any atom is 0.250 e. The molecule has 170 valence electrons. The quantitative estimate of drug-likeness (QED) is 0.347. The van der Waals surface area contributed by atoms with Crippen molar-refractivity contribution in [1.82, 2.24) is 15.5 Å². The summed E-state index contributed by atoms with van der Waals surface area (Å²) in [6.45, 7) is 5.59. The van der Waals surface area contributed by atoms with E-state index in [-0.39, 0.29) is 29.2 Å². The van der Waals surface area contributed by atoms with Crippen LogP contribution in [-0.2, 0) is 27.2 Å². The summed E-state index contributed by atoms with van der Waals surface area (Å²) in [7, 11) is 3.22. The number of carbonyl (C=O) groups is 3. The normalized spacial score (nSPS) is 12.3. The molecule has 0 aliphatic rings. The number of benzene rings is 1. The van der Waals surface area contributed by atoms with Crippen molar-refractivity contribution >= 4 is 40.6 Å². The third-order valence-corrected chi connectivity index (χ3v) is 4.99. The standard InChI is InChI=1S/C21H32N6O3S/c1-13(2)10-15-6-8-16(9-7-15)11-18(29)31-12-17(24-14(3)28)19(30)25-20(22)26-21(23)27(4)5/h6-9,13,17H,10-12H2,1-5H3,(H,24,28)(H4,22,23,25,26,30). The van der Waals surface area contributed by atoms with Crippen LogP contribution >= 0.6 is 11.8 Å². The Morgan fingerprint density at radius 1 is 1.16 bits per heavy atom. The van der Waals surface area contributed by atoms with Gasteiger partial charge in [-0.25, -0.2) is 0 Å². The highest BCUT2D eigenvalue weighted by molar-refractivity contribution is 8.13. The van der Waals surface area contributed by atoms with E-state index < -0.39 is 17.9 Å². The van der Waals surface area contributed by atoms with Gasteiger partial charge in [-0.2, -0.15) is 4.99 Å². The van der Waals surface area contributed by atoms with Crippen LogP contribution in [0.25, 0.3) is 0 Å². The Morgan fingerprint density at radius 3 is 2.26 bits per heavy atom. The van der Waals surface area contributed by atoms with Crippen LogP contribution in [0.3, 0.4) is 0 Å². The summed E-state index contributed by atoms with van der Waals surface area (Å²) in [5, 5.41) is 12.4. The van der Waals surface area contributed by atoms with Gasteiger partial charge in [0.25, 0.3) is 0 Å². The Hall–Kier alpha value is -2.88. The van der Waals surface area contributed by atoms with Crippen LogP contribution in [0.5, 0.6) is 0 Å². The lowest BCUT2D eigenvalue weighted by Crippen LogP contribution is -2.51. The highest BCUT2D eigenvalue weighted by Crippen LogP contribution is 2.14. The van der Waals surface area contributed by atoms with Crippen molar-refractivity contribution in [1.29, 1.82) is 5.41 Å². The fourth-order valence-electron chi connectivity index (χ4n) is 2.54. The van der Waals surface area contributed by atoms with Gasteiger partial charge in [-0.3, -0.25) is 25.1 Å². The van der Waals surface area contributed by atoms with Crippen LogP contribution in [0.4, 0.5) is 0 Å². The van der Waals surface area contributed by atoms with Crippen molar-refractivity contribution in [2.24, 2.45) is 16.6 Å². The minimum Gasteiger partial charge on any atom is -0.369 e. The van der Waals surface area contributed by atoms with Crippen molar-refractivity contribution in [2.45, 2.75) is 39.7 Å². The third kappa shape index (κ3) is 10.6. The van der Waals surface area contributed by atoms with Crippen LogP contribution in [0, 0.1) is 11.3 Å². The molecule has 9 nitrogen and oxygen atoms in total. The molecule has 0 bridgehead atoms. The number of hydrogen-bond donors (Lipinski definition) is 4. The van der Waals surface area contributed by atoms with E-state index in [9.17, 15) is 14.4 Å². The minimum absolute atomic E-state index is 0.0497. The summed E-state index contributed by atoms with van der Waals surface area (Å²) in [5.41, 5.74) is 7.76. The van der Waals surface area contributed by atoms with Crippen molar-refractivity contribution in [2.75, 3.05) is 19.8 Å². The minimum atomic E-state index is -0.970. The van der Waals surface area contributed by atoms with Gasteiger partial charge in [0.05, 0.1) is 0 Å². The number of guanidine groups is 2. The Kier molecular flexibility index (Phi) is 10.7. The zero-order chi connectivity index (χ0) is 23.6. The predicted molar refractivity (Wildman–Crippen MR) is 125 cm³/mol. The number of nitrogens with one attached hydrogen (secondary N) is 3. The van der Waals surface area contributed by atoms with E-state index in [1.165, 1.54) is 17.4 Å². The fourth-order valence-corrected chi connectivity index (χ4v) is 3.40. The first-order chi connectivity index (χ1) is 14.5. The molecule has 0 heterocycles. The van der Waals surface area contributed by atoms with Gasteiger partial charge in [-0.1, -0.05) is 49.9 Å². The lowest BCUT2D eigenvalue weighted by atomic mass is 10.0. The molecule has 1 unspecified atom stereocenters. The SMILES string of the molecule is CC(=O)NC(CSC(=O)Cc1ccc(CC(C)C)cc1)C(=O)N/C(N)=N/C(=N)N(C)C. The highest BCUT2D eigenvalue weighted by Gasteiger charge is 2.22. The summed E-state index contributed by atoms with van der Waals surface area (Å²) in [5.74, 6) is -0.817. The second-order valence-electron chi connectivity index (χ2n) is 7.73. The van der Waals surface area contributed by atoms with E-state index in [2.05, 4.69) is 29.5 Å². The maximum absolute atomic E-state index is 12.4. The Labute approximate surface area is 187 Å². The number of amides is 2. The largest absolute Gasteiger partial charge is 0.369 e. The monoisotopic (exact) mass is 448 g/mol. The van der Waals surface area contributed by atoms with Gasteiger partial charge in [0, 0.05) is 33.2 Å². The first-order valence-electron chi connectivity index (χ1n) is 9.89. The molecule has 1 rings (SSSR count). The van der Waals surface area contributed by atoms with Gasteiger partial charge >= 0.3 is 0 Å². The molecule has 0 radical (unpaired) electrons. The first kappa shape index (κ1) is 26.2. The number of carbonyl (C=O) groups excluding carboxylic acids is 3. The third-order valence-electron chi connectivity index (χ3n) is 4.02. The zero-order valence-corrected chi connectivity index (χ0v) is 19.5. The van der Waals surface area contributed by atoms with Crippen LogP contribution < -0.4 is 16.4 Å². The van der Waals surface area contributed by atoms with Gasteiger partial charge in [0.15, 0.2) is 5.12 Å². The summed E-state index contributed by atoms with van der Waals surface area (Å²) in [4.78, 5) is 41.4. The highest BCUT2D eigenvalue weighted by atomic mass is 32.2. The average molecular weight is 449 g/mol. The van der Waals surface area contributed by atoms with E-state index in [1.807, 2.05) is 24.3 Å². The lowest BCUT2D eigenvalue weighted by molar-refractivity contribution is -0.126. The average Bonchev–Trinajstić information content (AvgIpc) is 2.65. The lowest BCUT2D eigenvalue weighted by Gasteiger charge is -2.17. The Bertz CT molecular complexity index is 821. The summed E-state index contributed by atoms with van der Waals surface area (Å²) >= 11 is 0.965. The Morgan fingerprint density at radius 2 is 1.74 bits per heavy atom. The van der Waals surface area contributed by atoms with Crippen molar-refractivity contribution < 1.29 is 14.4 Å². The van der Waals surface area contributed by atoms with Gasteiger partial charge in [0.1, 0.15) is 6.04 Å². The van der Waals surface area contributed by atoms with Crippen molar-refractivity contribution in [3.63, 3.8) is 0 Å². The molecule has 31 heavy (non-hydrogen) atoms. The van der Waals surface area contributed by atoms with E-state index in [0.717, 1.165) is 23.7 Å². The van der Waals surface area contributed by atoms with E-state index in [0.29, 0.717) is 5.92 Å². The maximum atomic E-state index is 12.4. The molecule has 0 aromatic heterocycles. The second-order valence-corrected chi connectivity index (χ2v) is 8.81. The van der Waals surface area contributed by atoms with Crippen LogP contribution in [0.1, 0.15) is 31.9 Å². The fraction of sp³-hybridized carbons (Fsp3) is 0.476. The Balaban J connectivity index is 2.67. The van der Waals surface area contributed by atoms with Crippen LogP contribution in [0.2, 0.25) is 0 Å². The molecule has 1 aromatic rings.